The largest absolute Gasteiger partial charge is 0.348 e. The van der Waals surface area contributed by atoms with E-state index in [1.807, 2.05) is 12.1 Å². The molecule has 0 atom stereocenters. The quantitative estimate of drug-likeness (QED) is 0.936. The second-order valence-electron chi connectivity index (χ2n) is 4.11. The molecular weight excluding hydrogens is 323 g/mol. The number of nitrogens with zero attached hydrogens (tertiary/aromatic N) is 1. The van der Waals surface area contributed by atoms with E-state index in [0.717, 1.165) is 10.5 Å². The number of halogens is 2. The Hall–Kier alpha value is -2.19. The maximum Gasteiger partial charge on any atom is 0.251 e. The lowest BCUT2D eigenvalue weighted by Crippen LogP contribution is -2.23. The molecule has 0 spiro atoms. The van der Waals surface area contributed by atoms with Gasteiger partial charge in [-0.2, -0.15) is 5.26 Å². The average molecular weight is 333 g/mol. The Kier molecular flexibility index (Phi) is 4.49. The number of nitriles is 1. The fourth-order valence-corrected chi connectivity index (χ4v) is 2.07. The van der Waals surface area contributed by atoms with Gasteiger partial charge in [0.1, 0.15) is 5.82 Å². The molecule has 2 rings (SSSR count). The van der Waals surface area contributed by atoms with Gasteiger partial charge in [0.25, 0.3) is 5.91 Å². The van der Waals surface area contributed by atoms with Crippen LogP contribution < -0.4 is 5.32 Å². The Balaban J connectivity index is 2.06. The zero-order chi connectivity index (χ0) is 14.5. The summed E-state index contributed by atoms with van der Waals surface area (Å²) in [5.74, 6) is -0.784. The summed E-state index contributed by atoms with van der Waals surface area (Å²) in [6.07, 6.45) is 0. The number of carbonyl (C=O) groups is 1. The van der Waals surface area contributed by atoms with E-state index >= 15 is 0 Å². The van der Waals surface area contributed by atoms with Gasteiger partial charge >= 0.3 is 0 Å². The van der Waals surface area contributed by atoms with Gasteiger partial charge in [-0.1, -0.05) is 28.1 Å². The highest BCUT2D eigenvalue weighted by molar-refractivity contribution is 9.10. The summed E-state index contributed by atoms with van der Waals surface area (Å²) in [7, 11) is 0. The van der Waals surface area contributed by atoms with Crippen LogP contribution in [0.2, 0.25) is 0 Å². The summed E-state index contributed by atoms with van der Waals surface area (Å²) in [6, 6.07) is 13.0. The smallest absolute Gasteiger partial charge is 0.251 e. The third-order valence-corrected chi connectivity index (χ3v) is 3.20. The highest BCUT2D eigenvalue weighted by atomic mass is 79.9. The third-order valence-electron chi connectivity index (χ3n) is 2.71. The zero-order valence-corrected chi connectivity index (χ0v) is 11.9. The summed E-state index contributed by atoms with van der Waals surface area (Å²) in [5, 5.41) is 11.3. The van der Waals surface area contributed by atoms with Crippen LogP contribution in [0.25, 0.3) is 0 Å². The second-order valence-corrected chi connectivity index (χ2v) is 5.03. The van der Waals surface area contributed by atoms with Crippen molar-refractivity contribution in [2.45, 2.75) is 6.54 Å². The summed E-state index contributed by atoms with van der Waals surface area (Å²) < 4.78 is 14.4. The Morgan fingerprint density at radius 1 is 1.30 bits per heavy atom. The zero-order valence-electron chi connectivity index (χ0n) is 10.4. The molecule has 2 aromatic rings. The van der Waals surface area contributed by atoms with Crippen LogP contribution in [0, 0.1) is 17.1 Å². The fraction of sp³-hybridized carbons (Fsp3) is 0.0667. The van der Waals surface area contributed by atoms with Gasteiger partial charge in [-0.15, -0.1) is 0 Å². The summed E-state index contributed by atoms with van der Waals surface area (Å²) in [4.78, 5) is 11.9. The van der Waals surface area contributed by atoms with Gasteiger partial charge in [0.15, 0.2) is 0 Å². The Morgan fingerprint density at radius 2 is 2.10 bits per heavy atom. The molecule has 3 nitrogen and oxygen atoms in total. The molecule has 0 unspecified atom stereocenters. The lowest BCUT2D eigenvalue weighted by atomic mass is 10.1. The van der Waals surface area contributed by atoms with E-state index in [4.69, 9.17) is 5.26 Å². The fourth-order valence-electron chi connectivity index (χ4n) is 1.67. The van der Waals surface area contributed by atoms with Crippen molar-refractivity contribution in [3.8, 4) is 6.07 Å². The number of carbonyl (C=O) groups excluding carboxylic acids is 1. The molecular formula is C15H10BrFN2O. The number of rotatable bonds is 3. The molecule has 0 aliphatic carbocycles. The van der Waals surface area contributed by atoms with E-state index in [1.165, 1.54) is 12.1 Å². The van der Waals surface area contributed by atoms with E-state index < -0.39 is 5.82 Å². The second kappa shape index (κ2) is 6.31. The van der Waals surface area contributed by atoms with Crippen molar-refractivity contribution >= 4 is 21.8 Å². The number of nitrogens with one attached hydrogen (secondary N) is 1. The molecule has 2 aromatic carbocycles. The first-order valence-electron chi connectivity index (χ1n) is 5.82. The number of hydrogen-bond acceptors (Lipinski definition) is 2. The molecule has 0 saturated carbocycles. The highest BCUT2D eigenvalue weighted by Gasteiger charge is 2.08. The molecule has 20 heavy (non-hydrogen) atoms. The number of benzene rings is 2. The number of hydrogen-bond donors (Lipinski definition) is 1. The molecule has 0 aliphatic heterocycles. The van der Waals surface area contributed by atoms with Crippen LogP contribution in [0.4, 0.5) is 4.39 Å². The molecule has 0 fully saturated rings. The van der Waals surface area contributed by atoms with Crippen molar-refractivity contribution in [3.05, 3.63) is 69.4 Å². The number of amides is 1. The topological polar surface area (TPSA) is 52.9 Å². The molecule has 100 valence electrons. The predicted molar refractivity (Wildman–Crippen MR) is 76.4 cm³/mol. The van der Waals surface area contributed by atoms with E-state index in [9.17, 15) is 9.18 Å². The van der Waals surface area contributed by atoms with Crippen LogP contribution in [0.1, 0.15) is 21.5 Å². The molecule has 1 N–H and O–H groups in total. The minimum absolute atomic E-state index is 0.0723. The lowest BCUT2D eigenvalue weighted by Gasteiger charge is -2.07. The average Bonchev–Trinajstić information content (AvgIpc) is 2.45. The Morgan fingerprint density at radius 3 is 2.75 bits per heavy atom. The first-order chi connectivity index (χ1) is 9.60. The predicted octanol–water partition coefficient (Wildman–Crippen LogP) is 3.39. The monoisotopic (exact) mass is 332 g/mol. The summed E-state index contributed by atoms with van der Waals surface area (Å²) in [6.45, 7) is 0.0723. The van der Waals surface area contributed by atoms with E-state index in [-0.39, 0.29) is 18.0 Å². The van der Waals surface area contributed by atoms with Gasteiger partial charge in [-0.25, -0.2) is 4.39 Å². The van der Waals surface area contributed by atoms with Crippen LogP contribution in [0.5, 0.6) is 0 Å². The van der Waals surface area contributed by atoms with Crippen molar-refractivity contribution in [3.63, 3.8) is 0 Å². The first kappa shape index (κ1) is 14.2. The van der Waals surface area contributed by atoms with Crippen LogP contribution in [0.3, 0.4) is 0 Å². The minimum atomic E-state index is -0.501. The van der Waals surface area contributed by atoms with Crippen LogP contribution in [-0.2, 0) is 6.54 Å². The third kappa shape index (κ3) is 3.43. The first-order valence-corrected chi connectivity index (χ1v) is 6.62. The van der Waals surface area contributed by atoms with Crippen molar-refractivity contribution in [2.75, 3.05) is 0 Å². The molecule has 0 heterocycles. The normalized spacial score (nSPS) is 9.85. The standard InChI is InChI=1S/C15H10BrFN2O/c16-13-3-1-2-11(7-13)15(20)19-9-12-5-4-10(8-18)6-14(12)17/h1-7H,9H2,(H,19,20). The molecule has 0 saturated heterocycles. The lowest BCUT2D eigenvalue weighted by molar-refractivity contribution is 0.0950. The maximum atomic E-state index is 13.6. The van der Waals surface area contributed by atoms with Gasteiger partial charge in [-0.05, 0) is 30.3 Å². The molecule has 1 amide bonds. The SMILES string of the molecule is N#Cc1ccc(CNC(=O)c2cccc(Br)c2)c(F)c1. The summed E-state index contributed by atoms with van der Waals surface area (Å²) in [5.41, 5.74) is 1.09. The molecule has 0 aromatic heterocycles. The molecule has 5 heteroatoms. The van der Waals surface area contributed by atoms with Crippen molar-refractivity contribution in [2.24, 2.45) is 0 Å². The van der Waals surface area contributed by atoms with Gasteiger partial charge in [-0.3, -0.25) is 4.79 Å². The Labute approximate surface area is 124 Å². The van der Waals surface area contributed by atoms with Gasteiger partial charge in [0.05, 0.1) is 11.6 Å². The van der Waals surface area contributed by atoms with Crippen LogP contribution >= 0.6 is 15.9 Å². The van der Waals surface area contributed by atoms with E-state index in [1.54, 1.807) is 18.2 Å². The summed E-state index contributed by atoms with van der Waals surface area (Å²) >= 11 is 3.28. The van der Waals surface area contributed by atoms with Crippen molar-refractivity contribution in [1.82, 2.24) is 5.32 Å². The molecule has 0 bridgehead atoms. The van der Waals surface area contributed by atoms with E-state index in [0.29, 0.717) is 11.1 Å². The Bertz CT molecular complexity index is 695. The van der Waals surface area contributed by atoms with E-state index in [2.05, 4.69) is 21.2 Å². The molecule has 0 aliphatic rings. The maximum absolute atomic E-state index is 13.6. The highest BCUT2D eigenvalue weighted by Crippen LogP contribution is 2.13. The molecule has 0 radical (unpaired) electrons. The van der Waals surface area contributed by atoms with Gasteiger partial charge in [0.2, 0.25) is 0 Å². The van der Waals surface area contributed by atoms with Gasteiger partial charge in [0, 0.05) is 22.1 Å². The van der Waals surface area contributed by atoms with Crippen LogP contribution in [0.15, 0.2) is 46.9 Å². The van der Waals surface area contributed by atoms with Crippen molar-refractivity contribution in [1.29, 1.82) is 5.26 Å². The van der Waals surface area contributed by atoms with Crippen molar-refractivity contribution < 1.29 is 9.18 Å². The minimum Gasteiger partial charge on any atom is -0.348 e. The van der Waals surface area contributed by atoms with Crippen LogP contribution in [-0.4, -0.2) is 5.91 Å². The van der Waals surface area contributed by atoms with Gasteiger partial charge < -0.3 is 5.32 Å².